The van der Waals surface area contributed by atoms with Crippen molar-refractivity contribution in [2.75, 3.05) is 0 Å². The number of hydrogen-bond donors (Lipinski definition) is 1. The number of rotatable bonds is 3. The molecule has 0 saturated carbocycles. The third-order valence-electron chi connectivity index (χ3n) is 2.44. The SMILES string of the molecule is Cc1cccc2c(Cl)n(CCC(=O)O)nc12. The molecule has 0 atom stereocenters. The Labute approximate surface area is 97.4 Å². The number of halogens is 1. The molecule has 0 radical (unpaired) electrons. The van der Waals surface area contributed by atoms with E-state index in [0.29, 0.717) is 11.7 Å². The average Bonchev–Trinajstić information content (AvgIpc) is 2.55. The summed E-state index contributed by atoms with van der Waals surface area (Å²) >= 11 is 6.12. The number of hydrogen-bond acceptors (Lipinski definition) is 2. The van der Waals surface area contributed by atoms with E-state index in [4.69, 9.17) is 16.7 Å². The highest BCUT2D eigenvalue weighted by molar-refractivity contribution is 6.34. The van der Waals surface area contributed by atoms with E-state index in [0.717, 1.165) is 16.5 Å². The molecular weight excluding hydrogens is 228 g/mol. The van der Waals surface area contributed by atoms with Crippen molar-refractivity contribution in [3.8, 4) is 0 Å². The molecule has 2 rings (SSSR count). The van der Waals surface area contributed by atoms with Crippen molar-refractivity contribution in [2.24, 2.45) is 0 Å². The molecule has 0 aliphatic carbocycles. The zero-order chi connectivity index (χ0) is 11.7. The van der Waals surface area contributed by atoms with Gasteiger partial charge in [0.2, 0.25) is 0 Å². The van der Waals surface area contributed by atoms with Gasteiger partial charge in [0.1, 0.15) is 5.15 Å². The predicted molar refractivity (Wildman–Crippen MR) is 61.7 cm³/mol. The Morgan fingerprint density at radius 2 is 2.31 bits per heavy atom. The molecular formula is C11H11ClN2O2. The summed E-state index contributed by atoms with van der Waals surface area (Å²) in [5, 5.41) is 14.3. The number of aliphatic carboxylic acids is 1. The van der Waals surface area contributed by atoms with Gasteiger partial charge in [-0.05, 0) is 18.6 Å². The first-order valence-corrected chi connectivity index (χ1v) is 5.31. The molecule has 0 saturated heterocycles. The summed E-state index contributed by atoms with van der Waals surface area (Å²) in [5.74, 6) is -0.854. The molecule has 4 nitrogen and oxygen atoms in total. The summed E-state index contributed by atoms with van der Waals surface area (Å²) < 4.78 is 1.54. The molecule has 1 heterocycles. The van der Waals surface area contributed by atoms with Gasteiger partial charge >= 0.3 is 5.97 Å². The van der Waals surface area contributed by atoms with Gasteiger partial charge in [0.15, 0.2) is 0 Å². The fourth-order valence-electron chi connectivity index (χ4n) is 1.61. The van der Waals surface area contributed by atoms with Crippen molar-refractivity contribution >= 4 is 28.5 Å². The maximum Gasteiger partial charge on any atom is 0.305 e. The second kappa shape index (κ2) is 4.14. The van der Waals surface area contributed by atoms with Gasteiger partial charge in [-0.15, -0.1) is 0 Å². The number of fused-ring (bicyclic) bond motifs is 1. The van der Waals surface area contributed by atoms with Gasteiger partial charge in [0.25, 0.3) is 0 Å². The fraction of sp³-hybridized carbons (Fsp3) is 0.273. The summed E-state index contributed by atoms with van der Waals surface area (Å²) in [7, 11) is 0. The summed E-state index contributed by atoms with van der Waals surface area (Å²) in [5.41, 5.74) is 1.87. The lowest BCUT2D eigenvalue weighted by molar-refractivity contribution is -0.137. The lowest BCUT2D eigenvalue weighted by Gasteiger charge is -1.98. The van der Waals surface area contributed by atoms with E-state index in [1.54, 1.807) is 0 Å². The van der Waals surface area contributed by atoms with Crippen LogP contribution < -0.4 is 0 Å². The molecule has 1 aromatic carbocycles. The normalized spacial score (nSPS) is 10.9. The minimum atomic E-state index is -0.854. The molecule has 0 aliphatic heterocycles. The van der Waals surface area contributed by atoms with Crippen LogP contribution in [-0.2, 0) is 11.3 Å². The number of carbonyl (C=O) groups is 1. The Hall–Kier alpha value is -1.55. The largest absolute Gasteiger partial charge is 0.481 e. The quantitative estimate of drug-likeness (QED) is 0.894. The predicted octanol–water partition coefficient (Wildman–Crippen LogP) is 2.47. The zero-order valence-electron chi connectivity index (χ0n) is 8.77. The van der Waals surface area contributed by atoms with Crippen LogP contribution >= 0.6 is 11.6 Å². The third kappa shape index (κ3) is 1.88. The zero-order valence-corrected chi connectivity index (χ0v) is 9.53. The van der Waals surface area contributed by atoms with Gasteiger partial charge in [-0.25, -0.2) is 0 Å². The van der Waals surface area contributed by atoms with Crippen LogP contribution in [-0.4, -0.2) is 20.9 Å². The van der Waals surface area contributed by atoms with Crippen LogP contribution in [0.2, 0.25) is 5.15 Å². The van der Waals surface area contributed by atoms with Gasteiger partial charge in [-0.3, -0.25) is 9.48 Å². The second-order valence-electron chi connectivity index (χ2n) is 3.63. The second-order valence-corrected chi connectivity index (χ2v) is 3.99. The molecule has 16 heavy (non-hydrogen) atoms. The summed E-state index contributed by atoms with van der Waals surface area (Å²) in [6, 6.07) is 5.74. The lowest BCUT2D eigenvalue weighted by atomic mass is 10.2. The first kappa shape index (κ1) is 11.0. The Balaban J connectivity index is 2.44. The summed E-state index contributed by atoms with van der Waals surface area (Å²) in [6.45, 7) is 2.25. The average molecular weight is 239 g/mol. The number of nitrogens with zero attached hydrogens (tertiary/aromatic N) is 2. The fourth-order valence-corrected chi connectivity index (χ4v) is 1.89. The molecule has 0 aliphatic rings. The monoisotopic (exact) mass is 238 g/mol. The van der Waals surface area contributed by atoms with E-state index in [2.05, 4.69) is 5.10 Å². The molecule has 1 N–H and O–H groups in total. The van der Waals surface area contributed by atoms with Crippen molar-refractivity contribution in [2.45, 2.75) is 19.9 Å². The van der Waals surface area contributed by atoms with E-state index in [-0.39, 0.29) is 6.42 Å². The lowest BCUT2D eigenvalue weighted by Crippen LogP contribution is -2.05. The van der Waals surface area contributed by atoms with Gasteiger partial charge < -0.3 is 5.11 Å². The third-order valence-corrected chi connectivity index (χ3v) is 2.84. The molecule has 2 aromatic rings. The molecule has 0 amide bonds. The summed E-state index contributed by atoms with van der Waals surface area (Å²) in [6.07, 6.45) is 0.0206. The topological polar surface area (TPSA) is 55.1 Å². The van der Waals surface area contributed by atoms with Crippen LogP contribution in [0.3, 0.4) is 0 Å². The van der Waals surface area contributed by atoms with E-state index in [1.165, 1.54) is 4.68 Å². The molecule has 0 bridgehead atoms. The number of carboxylic acids is 1. The van der Waals surface area contributed by atoms with Gasteiger partial charge in [0.05, 0.1) is 18.5 Å². The summed E-state index contributed by atoms with van der Waals surface area (Å²) in [4.78, 5) is 10.5. The van der Waals surface area contributed by atoms with Crippen molar-refractivity contribution in [1.29, 1.82) is 0 Å². The smallest absolute Gasteiger partial charge is 0.305 e. The molecule has 5 heteroatoms. The van der Waals surface area contributed by atoms with Gasteiger partial charge in [-0.1, -0.05) is 23.7 Å². The number of aryl methyl sites for hydroxylation is 2. The van der Waals surface area contributed by atoms with Gasteiger partial charge in [-0.2, -0.15) is 5.10 Å². The highest BCUT2D eigenvalue weighted by Gasteiger charge is 2.11. The van der Waals surface area contributed by atoms with Crippen LogP contribution in [0.5, 0.6) is 0 Å². The molecule has 0 spiro atoms. The molecule has 0 unspecified atom stereocenters. The number of aromatic nitrogens is 2. The van der Waals surface area contributed by atoms with Crippen molar-refractivity contribution in [1.82, 2.24) is 9.78 Å². The minimum absolute atomic E-state index is 0.0206. The highest BCUT2D eigenvalue weighted by atomic mass is 35.5. The van der Waals surface area contributed by atoms with Crippen molar-refractivity contribution < 1.29 is 9.90 Å². The molecule has 1 aromatic heterocycles. The Morgan fingerprint density at radius 1 is 1.56 bits per heavy atom. The molecule has 0 fully saturated rings. The Bertz CT molecular complexity index is 548. The number of benzene rings is 1. The minimum Gasteiger partial charge on any atom is -0.481 e. The van der Waals surface area contributed by atoms with E-state index in [9.17, 15) is 4.79 Å². The van der Waals surface area contributed by atoms with Gasteiger partial charge in [0, 0.05) is 5.39 Å². The Morgan fingerprint density at radius 3 is 2.94 bits per heavy atom. The van der Waals surface area contributed by atoms with Crippen LogP contribution in [0, 0.1) is 6.92 Å². The Kier molecular flexibility index (Phi) is 2.83. The van der Waals surface area contributed by atoms with Crippen LogP contribution in [0.4, 0.5) is 0 Å². The van der Waals surface area contributed by atoms with Crippen LogP contribution in [0.15, 0.2) is 18.2 Å². The highest BCUT2D eigenvalue weighted by Crippen LogP contribution is 2.25. The molecule has 84 valence electrons. The maximum atomic E-state index is 10.5. The van der Waals surface area contributed by atoms with E-state index < -0.39 is 5.97 Å². The first-order chi connectivity index (χ1) is 7.59. The first-order valence-electron chi connectivity index (χ1n) is 4.93. The number of carboxylic acid groups (broad SMARTS) is 1. The van der Waals surface area contributed by atoms with E-state index >= 15 is 0 Å². The standard InChI is InChI=1S/C11H11ClN2O2/c1-7-3-2-4-8-10(7)13-14(11(8)12)6-5-9(15)16/h2-4H,5-6H2,1H3,(H,15,16). The van der Waals surface area contributed by atoms with Crippen molar-refractivity contribution in [3.63, 3.8) is 0 Å². The maximum absolute atomic E-state index is 10.5. The van der Waals surface area contributed by atoms with Crippen LogP contribution in [0.25, 0.3) is 10.9 Å². The van der Waals surface area contributed by atoms with Crippen molar-refractivity contribution in [3.05, 3.63) is 28.9 Å². The van der Waals surface area contributed by atoms with E-state index in [1.807, 2.05) is 25.1 Å². The van der Waals surface area contributed by atoms with Crippen LogP contribution in [0.1, 0.15) is 12.0 Å².